The minimum atomic E-state index is -2.81. The van der Waals surface area contributed by atoms with E-state index in [4.69, 9.17) is 9.47 Å². The summed E-state index contributed by atoms with van der Waals surface area (Å²) in [7, 11) is 0. The van der Waals surface area contributed by atoms with E-state index in [-0.39, 0.29) is 0 Å². The van der Waals surface area contributed by atoms with Gasteiger partial charge in [-0.1, -0.05) is 0 Å². The standard InChI is InChI=1S/C6H10F2O2/c1-5(2)9-3-6(7,8)4-10-5/h3-4H2,1-2H3. The molecule has 1 saturated heterocycles. The lowest BCUT2D eigenvalue weighted by molar-refractivity contribution is -0.312. The first-order chi connectivity index (χ1) is 4.41. The van der Waals surface area contributed by atoms with E-state index in [0.29, 0.717) is 0 Å². The molecule has 10 heavy (non-hydrogen) atoms. The van der Waals surface area contributed by atoms with E-state index in [9.17, 15) is 8.78 Å². The van der Waals surface area contributed by atoms with Crippen LogP contribution in [0.4, 0.5) is 8.78 Å². The van der Waals surface area contributed by atoms with Crippen molar-refractivity contribution >= 4 is 0 Å². The van der Waals surface area contributed by atoms with Crippen LogP contribution in [0.25, 0.3) is 0 Å². The van der Waals surface area contributed by atoms with Crippen molar-refractivity contribution in [1.29, 1.82) is 0 Å². The lowest BCUT2D eigenvalue weighted by atomic mass is 10.3. The highest BCUT2D eigenvalue weighted by Gasteiger charge is 2.40. The number of hydrogen-bond donors (Lipinski definition) is 0. The molecule has 60 valence electrons. The van der Waals surface area contributed by atoms with Crippen molar-refractivity contribution in [2.24, 2.45) is 0 Å². The molecule has 0 N–H and O–H groups in total. The zero-order valence-electron chi connectivity index (χ0n) is 5.99. The van der Waals surface area contributed by atoms with Gasteiger partial charge in [-0.25, -0.2) is 8.78 Å². The Bertz CT molecular complexity index is 106. The van der Waals surface area contributed by atoms with Gasteiger partial charge in [0.2, 0.25) is 0 Å². The van der Waals surface area contributed by atoms with Crippen LogP contribution in [-0.4, -0.2) is 24.9 Å². The Balaban J connectivity index is 2.46. The summed E-state index contributed by atoms with van der Waals surface area (Å²) in [6, 6.07) is 0. The molecule has 1 aliphatic rings. The summed E-state index contributed by atoms with van der Waals surface area (Å²) in [5, 5.41) is 0. The molecular formula is C6H10F2O2. The van der Waals surface area contributed by atoms with Crippen LogP contribution < -0.4 is 0 Å². The molecule has 0 aromatic carbocycles. The van der Waals surface area contributed by atoms with E-state index in [2.05, 4.69) is 0 Å². The number of rotatable bonds is 0. The first-order valence-electron chi connectivity index (χ1n) is 3.07. The second kappa shape index (κ2) is 2.13. The van der Waals surface area contributed by atoms with Crippen LogP contribution in [0.1, 0.15) is 13.8 Å². The molecule has 1 aliphatic heterocycles. The van der Waals surface area contributed by atoms with E-state index in [1.165, 1.54) is 0 Å². The van der Waals surface area contributed by atoms with Gasteiger partial charge in [-0.05, 0) is 13.8 Å². The van der Waals surface area contributed by atoms with Gasteiger partial charge in [-0.15, -0.1) is 0 Å². The van der Waals surface area contributed by atoms with Crippen molar-refractivity contribution in [2.75, 3.05) is 13.2 Å². The molecule has 0 atom stereocenters. The summed E-state index contributed by atoms with van der Waals surface area (Å²) in [6.45, 7) is 2.14. The van der Waals surface area contributed by atoms with Crippen LogP contribution in [0.3, 0.4) is 0 Å². The quantitative estimate of drug-likeness (QED) is 0.522. The maximum absolute atomic E-state index is 12.3. The molecule has 1 heterocycles. The number of hydrogen-bond acceptors (Lipinski definition) is 2. The lowest BCUT2D eigenvalue weighted by Crippen LogP contribution is -2.45. The molecule has 1 fully saturated rings. The fourth-order valence-corrected chi connectivity index (χ4v) is 0.642. The van der Waals surface area contributed by atoms with E-state index < -0.39 is 24.9 Å². The van der Waals surface area contributed by atoms with Crippen molar-refractivity contribution in [1.82, 2.24) is 0 Å². The summed E-state index contributed by atoms with van der Waals surface area (Å²) >= 11 is 0. The SMILES string of the molecule is CC1(C)OCC(F)(F)CO1. The summed E-state index contributed by atoms with van der Waals surface area (Å²) in [5.41, 5.74) is 0. The molecule has 0 saturated carbocycles. The highest BCUT2D eigenvalue weighted by atomic mass is 19.3. The van der Waals surface area contributed by atoms with Gasteiger partial charge in [-0.3, -0.25) is 0 Å². The average molecular weight is 152 g/mol. The van der Waals surface area contributed by atoms with Crippen molar-refractivity contribution in [2.45, 2.75) is 25.6 Å². The van der Waals surface area contributed by atoms with E-state index in [0.717, 1.165) is 0 Å². The smallest absolute Gasteiger partial charge is 0.293 e. The third-order valence-electron chi connectivity index (χ3n) is 1.26. The largest absolute Gasteiger partial charge is 0.344 e. The number of alkyl halides is 2. The summed E-state index contributed by atoms with van der Waals surface area (Å²) in [5.74, 6) is -3.66. The molecule has 2 nitrogen and oxygen atoms in total. The van der Waals surface area contributed by atoms with Crippen molar-refractivity contribution < 1.29 is 18.3 Å². The summed E-state index contributed by atoms with van der Waals surface area (Å²) < 4.78 is 34.0. The molecule has 0 radical (unpaired) electrons. The topological polar surface area (TPSA) is 18.5 Å². The third-order valence-corrected chi connectivity index (χ3v) is 1.26. The summed E-state index contributed by atoms with van der Waals surface area (Å²) in [6.07, 6.45) is 0. The molecule has 0 aliphatic carbocycles. The van der Waals surface area contributed by atoms with Crippen LogP contribution in [0.2, 0.25) is 0 Å². The predicted octanol–water partition coefficient (Wildman–Crippen LogP) is 1.40. The van der Waals surface area contributed by atoms with Gasteiger partial charge in [-0.2, -0.15) is 0 Å². The molecule has 0 unspecified atom stereocenters. The van der Waals surface area contributed by atoms with Gasteiger partial charge in [0.05, 0.1) is 0 Å². The number of halogens is 2. The summed E-state index contributed by atoms with van der Waals surface area (Å²) in [4.78, 5) is 0. The monoisotopic (exact) mass is 152 g/mol. The third kappa shape index (κ3) is 1.88. The predicted molar refractivity (Wildman–Crippen MR) is 30.9 cm³/mol. The molecule has 0 spiro atoms. The van der Waals surface area contributed by atoms with Crippen molar-refractivity contribution in [3.05, 3.63) is 0 Å². The van der Waals surface area contributed by atoms with E-state index >= 15 is 0 Å². The molecule has 4 heteroatoms. The molecular weight excluding hydrogens is 142 g/mol. The Kier molecular flexibility index (Phi) is 1.68. The average Bonchev–Trinajstić information content (AvgIpc) is 1.79. The zero-order valence-corrected chi connectivity index (χ0v) is 5.99. The highest BCUT2D eigenvalue weighted by molar-refractivity contribution is 4.72. The maximum Gasteiger partial charge on any atom is 0.293 e. The molecule has 0 bridgehead atoms. The van der Waals surface area contributed by atoms with Gasteiger partial charge >= 0.3 is 0 Å². The number of ether oxygens (including phenoxy) is 2. The van der Waals surface area contributed by atoms with E-state index in [1.54, 1.807) is 13.8 Å². The van der Waals surface area contributed by atoms with Crippen LogP contribution >= 0.6 is 0 Å². The van der Waals surface area contributed by atoms with Crippen molar-refractivity contribution in [3.8, 4) is 0 Å². The Morgan fingerprint density at radius 1 is 1.10 bits per heavy atom. The van der Waals surface area contributed by atoms with Crippen molar-refractivity contribution in [3.63, 3.8) is 0 Å². The van der Waals surface area contributed by atoms with Crippen LogP contribution in [0, 0.1) is 0 Å². The van der Waals surface area contributed by atoms with Gasteiger partial charge < -0.3 is 9.47 Å². The fourth-order valence-electron chi connectivity index (χ4n) is 0.642. The zero-order chi connectivity index (χ0) is 7.83. The lowest BCUT2D eigenvalue weighted by Gasteiger charge is -2.34. The molecule has 0 amide bonds. The molecule has 1 rings (SSSR count). The molecule has 0 aromatic rings. The maximum atomic E-state index is 12.3. The minimum Gasteiger partial charge on any atom is -0.344 e. The Hall–Kier alpha value is -0.220. The first-order valence-corrected chi connectivity index (χ1v) is 3.07. The first kappa shape index (κ1) is 7.88. The van der Waals surface area contributed by atoms with Crippen LogP contribution in [0.5, 0.6) is 0 Å². The Morgan fingerprint density at radius 2 is 1.50 bits per heavy atom. The minimum absolute atomic E-state index is 0.542. The van der Waals surface area contributed by atoms with Crippen LogP contribution in [0.15, 0.2) is 0 Å². The Labute approximate surface area is 58.1 Å². The van der Waals surface area contributed by atoms with Gasteiger partial charge in [0.1, 0.15) is 13.2 Å². The van der Waals surface area contributed by atoms with Gasteiger partial charge in [0.25, 0.3) is 5.92 Å². The van der Waals surface area contributed by atoms with Gasteiger partial charge in [0.15, 0.2) is 5.79 Å². The second-order valence-electron chi connectivity index (χ2n) is 2.83. The van der Waals surface area contributed by atoms with Crippen LogP contribution in [-0.2, 0) is 9.47 Å². The fraction of sp³-hybridized carbons (Fsp3) is 1.00. The highest BCUT2D eigenvalue weighted by Crippen LogP contribution is 2.26. The molecule has 0 aromatic heterocycles. The normalized spacial score (nSPS) is 30.0. The van der Waals surface area contributed by atoms with Gasteiger partial charge in [0, 0.05) is 0 Å². The second-order valence-corrected chi connectivity index (χ2v) is 2.83. The Morgan fingerprint density at radius 3 is 1.80 bits per heavy atom. The van der Waals surface area contributed by atoms with E-state index in [1.807, 2.05) is 0 Å².